The lowest BCUT2D eigenvalue weighted by atomic mass is 10.2. The summed E-state index contributed by atoms with van der Waals surface area (Å²) in [5, 5.41) is 0.467. The topological polar surface area (TPSA) is 84.8 Å². The predicted octanol–water partition coefficient (Wildman–Crippen LogP) is 2.61. The van der Waals surface area contributed by atoms with E-state index in [1.165, 1.54) is 7.11 Å². The van der Waals surface area contributed by atoms with Crippen LogP contribution >= 0.6 is 0 Å². The fourth-order valence-corrected chi connectivity index (χ4v) is 3.37. The second-order valence-electron chi connectivity index (χ2n) is 6.74. The number of nitrogens with zero attached hydrogens (tertiary/aromatic N) is 4. The molecule has 0 aliphatic heterocycles. The Morgan fingerprint density at radius 3 is 2.62 bits per heavy atom. The molecule has 0 saturated carbocycles. The summed E-state index contributed by atoms with van der Waals surface area (Å²) in [6.07, 6.45) is 4.00. The van der Waals surface area contributed by atoms with Gasteiger partial charge in [-0.05, 0) is 24.7 Å². The zero-order chi connectivity index (χ0) is 20.4. The van der Waals surface area contributed by atoms with Gasteiger partial charge in [-0.3, -0.25) is 9.69 Å². The molecule has 0 amide bonds. The van der Waals surface area contributed by atoms with Gasteiger partial charge in [-0.25, -0.2) is 9.97 Å². The third kappa shape index (κ3) is 3.79. The molecular weight excluding hydrogens is 370 g/mol. The van der Waals surface area contributed by atoms with Crippen LogP contribution < -0.4 is 15.0 Å². The summed E-state index contributed by atoms with van der Waals surface area (Å²) in [5.41, 5.74) is 2.25. The zero-order valence-corrected chi connectivity index (χ0v) is 16.7. The molecule has 4 rings (SSSR count). The first kappa shape index (κ1) is 18.9. The molecule has 0 radical (unpaired) electrons. The summed E-state index contributed by atoms with van der Waals surface area (Å²) in [6, 6.07) is 9.30. The van der Waals surface area contributed by atoms with Crippen LogP contribution in [0.15, 0.2) is 47.5 Å². The van der Waals surface area contributed by atoms with Gasteiger partial charge in [0.1, 0.15) is 11.5 Å². The maximum absolute atomic E-state index is 12.6. The standard InChI is InChI=1S/C21H23N5O3/c1-4-25(11-14-12-26-8-6-5-7-20(26)22-14)13-19-23-16-10-18(29-3)17(28-2)9-15(16)21(27)24-19/h5-10,12H,4,11,13H2,1-3H3,(H,23,24,27). The van der Waals surface area contributed by atoms with Gasteiger partial charge in [0, 0.05) is 25.0 Å². The molecule has 0 unspecified atom stereocenters. The number of ether oxygens (including phenoxy) is 2. The van der Waals surface area contributed by atoms with E-state index in [2.05, 4.69) is 26.8 Å². The van der Waals surface area contributed by atoms with Gasteiger partial charge in [-0.2, -0.15) is 0 Å². The van der Waals surface area contributed by atoms with Gasteiger partial charge in [0.25, 0.3) is 5.56 Å². The van der Waals surface area contributed by atoms with Gasteiger partial charge >= 0.3 is 0 Å². The normalized spacial score (nSPS) is 11.4. The van der Waals surface area contributed by atoms with Crippen LogP contribution in [0.2, 0.25) is 0 Å². The van der Waals surface area contributed by atoms with Gasteiger partial charge in [-0.1, -0.05) is 13.0 Å². The van der Waals surface area contributed by atoms with Crippen molar-refractivity contribution in [2.45, 2.75) is 20.0 Å². The quantitative estimate of drug-likeness (QED) is 0.520. The zero-order valence-electron chi connectivity index (χ0n) is 16.7. The Hall–Kier alpha value is -3.39. The van der Waals surface area contributed by atoms with Crippen molar-refractivity contribution in [1.29, 1.82) is 0 Å². The van der Waals surface area contributed by atoms with Crippen molar-refractivity contribution in [1.82, 2.24) is 24.3 Å². The third-order valence-corrected chi connectivity index (χ3v) is 4.88. The molecule has 0 atom stereocenters. The number of nitrogens with one attached hydrogen (secondary N) is 1. The van der Waals surface area contributed by atoms with Crippen LogP contribution in [0.1, 0.15) is 18.4 Å². The number of rotatable bonds is 7. The molecule has 0 aliphatic rings. The average Bonchev–Trinajstić information content (AvgIpc) is 3.14. The summed E-state index contributed by atoms with van der Waals surface area (Å²) in [7, 11) is 3.10. The summed E-state index contributed by atoms with van der Waals surface area (Å²) in [6.45, 7) is 4.03. The average molecular weight is 393 g/mol. The van der Waals surface area contributed by atoms with Crippen molar-refractivity contribution < 1.29 is 9.47 Å². The Morgan fingerprint density at radius 2 is 1.90 bits per heavy atom. The minimum Gasteiger partial charge on any atom is -0.493 e. The van der Waals surface area contributed by atoms with E-state index in [9.17, 15) is 4.79 Å². The van der Waals surface area contributed by atoms with Crippen molar-refractivity contribution in [2.75, 3.05) is 20.8 Å². The number of pyridine rings is 1. The number of fused-ring (bicyclic) bond motifs is 2. The molecule has 1 N–H and O–H groups in total. The number of hydrogen-bond donors (Lipinski definition) is 1. The van der Waals surface area contributed by atoms with Crippen molar-refractivity contribution in [3.05, 3.63) is 64.6 Å². The van der Waals surface area contributed by atoms with E-state index in [4.69, 9.17) is 9.47 Å². The molecule has 0 aliphatic carbocycles. The van der Waals surface area contributed by atoms with E-state index >= 15 is 0 Å². The lowest BCUT2D eigenvalue weighted by Gasteiger charge is -2.18. The molecule has 8 heteroatoms. The fourth-order valence-electron chi connectivity index (χ4n) is 3.37. The first-order valence-electron chi connectivity index (χ1n) is 9.41. The van der Waals surface area contributed by atoms with Crippen LogP contribution in [0.3, 0.4) is 0 Å². The SMILES string of the molecule is CCN(Cc1cn2ccccc2n1)Cc1nc2cc(OC)c(OC)cc2c(=O)[nH]1. The van der Waals surface area contributed by atoms with Crippen LogP contribution in [0.4, 0.5) is 0 Å². The molecule has 8 nitrogen and oxygen atoms in total. The molecule has 0 saturated heterocycles. The van der Waals surface area contributed by atoms with E-state index in [0.717, 1.165) is 17.9 Å². The second kappa shape index (κ2) is 7.92. The summed E-state index contributed by atoms with van der Waals surface area (Å²) >= 11 is 0. The van der Waals surface area contributed by atoms with Crippen LogP contribution in [-0.4, -0.2) is 45.0 Å². The highest BCUT2D eigenvalue weighted by atomic mass is 16.5. The van der Waals surface area contributed by atoms with Gasteiger partial charge in [0.05, 0.1) is 37.4 Å². The summed E-state index contributed by atoms with van der Waals surface area (Å²) in [4.78, 5) is 26.9. The van der Waals surface area contributed by atoms with E-state index in [-0.39, 0.29) is 5.56 Å². The monoisotopic (exact) mass is 393 g/mol. The molecule has 3 aromatic heterocycles. The number of benzene rings is 1. The highest BCUT2D eigenvalue weighted by Crippen LogP contribution is 2.30. The van der Waals surface area contributed by atoms with Crippen LogP contribution in [0, 0.1) is 0 Å². The maximum atomic E-state index is 12.6. The summed E-state index contributed by atoms with van der Waals surface area (Å²) < 4.78 is 12.6. The lowest BCUT2D eigenvalue weighted by molar-refractivity contribution is 0.262. The number of methoxy groups -OCH3 is 2. The van der Waals surface area contributed by atoms with Crippen molar-refractivity contribution >= 4 is 16.6 Å². The summed E-state index contributed by atoms with van der Waals surface area (Å²) in [5.74, 6) is 1.64. The Labute approximate surface area is 167 Å². The molecule has 29 heavy (non-hydrogen) atoms. The van der Waals surface area contributed by atoms with E-state index in [1.807, 2.05) is 35.0 Å². The molecule has 4 aromatic rings. The minimum absolute atomic E-state index is 0.199. The van der Waals surface area contributed by atoms with Crippen LogP contribution in [0.5, 0.6) is 11.5 Å². The van der Waals surface area contributed by atoms with E-state index < -0.39 is 0 Å². The Balaban J connectivity index is 1.61. The van der Waals surface area contributed by atoms with E-state index in [1.54, 1.807) is 19.2 Å². The third-order valence-electron chi connectivity index (χ3n) is 4.88. The molecule has 0 bridgehead atoms. The van der Waals surface area contributed by atoms with E-state index in [0.29, 0.717) is 41.3 Å². The van der Waals surface area contributed by atoms with Crippen molar-refractivity contribution in [2.24, 2.45) is 0 Å². The number of aromatic amines is 1. The molecule has 150 valence electrons. The minimum atomic E-state index is -0.199. The predicted molar refractivity (Wildman–Crippen MR) is 110 cm³/mol. The smallest absolute Gasteiger partial charge is 0.258 e. The molecular formula is C21H23N5O3. The number of H-pyrrole nitrogens is 1. The van der Waals surface area contributed by atoms with Crippen LogP contribution in [0.25, 0.3) is 16.6 Å². The largest absolute Gasteiger partial charge is 0.493 e. The fraction of sp³-hybridized carbons (Fsp3) is 0.286. The lowest BCUT2D eigenvalue weighted by Crippen LogP contribution is -2.25. The molecule has 0 fully saturated rings. The maximum Gasteiger partial charge on any atom is 0.258 e. The Morgan fingerprint density at radius 1 is 1.10 bits per heavy atom. The van der Waals surface area contributed by atoms with Gasteiger partial charge < -0.3 is 18.9 Å². The van der Waals surface area contributed by atoms with Crippen LogP contribution in [-0.2, 0) is 13.1 Å². The second-order valence-corrected chi connectivity index (χ2v) is 6.74. The van der Waals surface area contributed by atoms with Gasteiger partial charge in [0.15, 0.2) is 11.5 Å². The number of aromatic nitrogens is 4. The van der Waals surface area contributed by atoms with Crippen molar-refractivity contribution in [3.8, 4) is 11.5 Å². The first-order chi connectivity index (χ1) is 14.1. The van der Waals surface area contributed by atoms with Gasteiger partial charge in [0.2, 0.25) is 0 Å². The highest BCUT2D eigenvalue weighted by Gasteiger charge is 2.14. The Kier molecular flexibility index (Phi) is 5.18. The molecule has 3 heterocycles. The van der Waals surface area contributed by atoms with Crippen molar-refractivity contribution in [3.63, 3.8) is 0 Å². The molecule has 0 spiro atoms. The Bertz CT molecular complexity index is 1180. The first-order valence-corrected chi connectivity index (χ1v) is 9.41. The highest BCUT2D eigenvalue weighted by molar-refractivity contribution is 5.81. The molecule has 1 aromatic carbocycles. The number of hydrogen-bond acceptors (Lipinski definition) is 6. The van der Waals surface area contributed by atoms with Gasteiger partial charge in [-0.15, -0.1) is 0 Å². The number of imidazole rings is 1.